The molecule has 0 N–H and O–H groups in total. The standard InChI is InChI=1S/C16H22BrNSi/c1-13-6-5-11-18(19(2,3)4)16-10-9-15(17)12-14(16)8-7-13/h5-7,9-10,12H,8,11H2,1-4H3/b6-5-,13-7-. The van der Waals surface area contributed by atoms with Gasteiger partial charge in [-0.05, 0) is 37.1 Å². The lowest BCUT2D eigenvalue weighted by Gasteiger charge is -2.37. The monoisotopic (exact) mass is 335 g/mol. The summed E-state index contributed by atoms with van der Waals surface area (Å²) in [6.07, 6.45) is 7.86. The summed E-state index contributed by atoms with van der Waals surface area (Å²) in [5, 5.41) is 0. The van der Waals surface area contributed by atoms with Gasteiger partial charge in [0.05, 0.1) is 0 Å². The van der Waals surface area contributed by atoms with E-state index in [4.69, 9.17) is 0 Å². The average Bonchev–Trinajstić information content (AvgIpc) is 2.38. The number of allylic oxidation sites excluding steroid dienone is 3. The van der Waals surface area contributed by atoms with Gasteiger partial charge in [0.25, 0.3) is 0 Å². The average molecular weight is 336 g/mol. The lowest BCUT2D eigenvalue weighted by Crippen LogP contribution is -2.46. The second-order valence-corrected chi connectivity index (χ2v) is 11.9. The highest BCUT2D eigenvalue weighted by atomic mass is 79.9. The summed E-state index contributed by atoms with van der Waals surface area (Å²) >= 11 is 3.60. The molecule has 1 aliphatic rings. The van der Waals surface area contributed by atoms with E-state index in [-0.39, 0.29) is 0 Å². The van der Waals surface area contributed by atoms with Crippen LogP contribution in [-0.4, -0.2) is 14.8 Å². The van der Waals surface area contributed by atoms with Crippen molar-refractivity contribution in [3.8, 4) is 0 Å². The van der Waals surface area contributed by atoms with Crippen LogP contribution in [0.15, 0.2) is 46.5 Å². The van der Waals surface area contributed by atoms with Crippen molar-refractivity contribution in [1.29, 1.82) is 0 Å². The minimum Gasteiger partial charge on any atom is -0.394 e. The van der Waals surface area contributed by atoms with E-state index < -0.39 is 8.24 Å². The Balaban J connectivity index is 2.53. The summed E-state index contributed by atoms with van der Waals surface area (Å²) in [6.45, 7) is 10.4. The second kappa shape index (κ2) is 5.67. The third kappa shape index (κ3) is 3.60. The maximum absolute atomic E-state index is 3.60. The quantitative estimate of drug-likeness (QED) is 0.641. The Morgan fingerprint density at radius 3 is 2.63 bits per heavy atom. The number of benzene rings is 1. The fourth-order valence-electron chi connectivity index (χ4n) is 2.40. The number of nitrogens with zero attached hydrogens (tertiary/aromatic N) is 1. The zero-order valence-electron chi connectivity index (χ0n) is 12.2. The van der Waals surface area contributed by atoms with Gasteiger partial charge in [0.15, 0.2) is 0 Å². The Bertz CT molecular complexity index is 526. The third-order valence-corrected chi connectivity index (χ3v) is 5.99. The first kappa shape index (κ1) is 14.6. The van der Waals surface area contributed by atoms with Gasteiger partial charge >= 0.3 is 0 Å². The lowest BCUT2D eigenvalue weighted by molar-refractivity contribution is 1.10. The van der Waals surface area contributed by atoms with E-state index in [1.807, 2.05) is 0 Å². The third-order valence-electron chi connectivity index (χ3n) is 3.45. The van der Waals surface area contributed by atoms with E-state index >= 15 is 0 Å². The van der Waals surface area contributed by atoms with Crippen molar-refractivity contribution < 1.29 is 0 Å². The Morgan fingerprint density at radius 2 is 1.95 bits per heavy atom. The summed E-state index contributed by atoms with van der Waals surface area (Å²) in [5.41, 5.74) is 4.17. The zero-order valence-corrected chi connectivity index (χ0v) is 14.8. The van der Waals surface area contributed by atoms with Crippen molar-refractivity contribution in [1.82, 2.24) is 0 Å². The molecule has 0 saturated carbocycles. The molecule has 0 spiro atoms. The van der Waals surface area contributed by atoms with Gasteiger partial charge in [0, 0.05) is 16.7 Å². The van der Waals surface area contributed by atoms with E-state index in [2.05, 4.69) is 83.5 Å². The first-order chi connectivity index (χ1) is 8.88. The fourth-order valence-corrected chi connectivity index (χ4v) is 4.40. The van der Waals surface area contributed by atoms with E-state index in [1.165, 1.54) is 21.3 Å². The molecule has 0 bridgehead atoms. The van der Waals surface area contributed by atoms with Gasteiger partial charge in [-0.25, -0.2) is 0 Å². The molecule has 0 unspecified atom stereocenters. The van der Waals surface area contributed by atoms with Crippen molar-refractivity contribution >= 4 is 29.9 Å². The normalized spacial score (nSPS) is 20.7. The highest BCUT2D eigenvalue weighted by molar-refractivity contribution is 9.10. The number of rotatable bonds is 1. The molecule has 0 atom stereocenters. The molecule has 1 aliphatic heterocycles. The highest BCUT2D eigenvalue weighted by Crippen LogP contribution is 2.30. The number of anilines is 1. The minimum absolute atomic E-state index is 1.01. The van der Waals surface area contributed by atoms with Crippen LogP contribution in [0.4, 0.5) is 5.69 Å². The van der Waals surface area contributed by atoms with Crippen LogP contribution < -0.4 is 4.57 Å². The lowest BCUT2D eigenvalue weighted by atomic mass is 10.1. The predicted molar refractivity (Wildman–Crippen MR) is 91.4 cm³/mol. The number of hydrogen-bond donors (Lipinski definition) is 0. The van der Waals surface area contributed by atoms with E-state index in [0.29, 0.717) is 0 Å². The smallest absolute Gasteiger partial charge is 0.147 e. The number of hydrogen-bond acceptors (Lipinski definition) is 1. The van der Waals surface area contributed by atoms with Gasteiger partial charge in [0.1, 0.15) is 8.24 Å². The molecule has 3 heteroatoms. The molecule has 0 aliphatic carbocycles. The van der Waals surface area contributed by atoms with Crippen LogP contribution in [0, 0.1) is 0 Å². The van der Waals surface area contributed by atoms with Crippen molar-refractivity contribution in [2.45, 2.75) is 33.0 Å². The number of fused-ring (bicyclic) bond motifs is 1. The molecule has 1 nitrogen and oxygen atoms in total. The summed E-state index contributed by atoms with van der Waals surface area (Å²) in [7, 11) is -1.38. The minimum atomic E-state index is -1.38. The highest BCUT2D eigenvalue weighted by Gasteiger charge is 2.25. The summed E-state index contributed by atoms with van der Waals surface area (Å²) < 4.78 is 3.78. The van der Waals surface area contributed by atoms with Crippen LogP contribution in [0.3, 0.4) is 0 Å². The van der Waals surface area contributed by atoms with Gasteiger partial charge < -0.3 is 4.57 Å². The molecule has 1 aromatic carbocycles. The van der Waals surface area contributed by atoms with Crippen molar-refractivity contribution in [3.05, 3.63) is 52.0 Å². The van der Waals surface area contributed by atoms with Gasteiger partial charge in [-0.15, -0.1) is 0 Å². The fraction of sp³-hybridized carbons (Fsp3) is 0.375. The molecule has 0 radical (unpaired) electrons. The zero-order chi connectivity index (χ0) is 14.0. The number of halogens is 1. The maximum Gasteiger partial charge on any atom is 0.147 e. The van der Waals surface area contributed by atoms with Crippen molar-refractivity contribution in [2.75, 3.05) is 11.1 Å². The molecule has 0 aromatic heterocycles. The molecule has 1 aromatic rings. The van der Waals surface area contributed by atoms with Gasteiger partial charge in [-0.2, -0.15) is 0 Å². The Morgan fingerprint density at radius 1 is 1.21 bits per heavy atom. The summed E-state index contributed by atoms with van der Waals surface area (Å²) in [6, 6.07) is 6.68. The Labute approximate surface area is 126 Å². The Hall–Kier alpha value is -0.803. The van der Waals surface area contributed by atoms with Gasteiger partial charge in [-0.1, -0.05) is 59.4 Å². The van der Waals surface area contributed by atoms with Crippen molar-refractivity contribution in [3.63, 3.8) is 0 Å². The molecular formula is C16H22BrNSi. The topological polar surface area (TPSA) is 3.24 Å². The van der Waals surface area contributed by atoms with Crippen LogP contribution in [0.2, 0.25) is 19.6 Å². The van der Waals surface area contributed by atoms with Crippen LogP contribution in [0.5, 0.6) is 0 Å². The SMILES string of the molecule is CC1=C/Cc2cc(Br)ccc2N([Si](C)(C)C)C/C=C\1. The van der Waals surface area contributed by atoms with Crippen LogP contribution in [0.1, 0.15) is 12.5 Å². The first-order valence-electron chi connectivity index (χ1n) is 6.77. The molecule has 0 saturated heterocycles. The molecular weight excluding hydrogens is 314 g/mol. The molecule has 0 amide bonds. The Kier molecular flexibility index (Phi) is 4.36. The van der Waals surface area contributed by atoms with E-state index in [9.17, 15) is 0 Å². The van der Waals surface area contributed by atoms with Crippen molar-refractivity contribution in [2.24, 2.45) is 0 Å². The molecule has 102 valence electrons. The second-order valence-electron chi connectivity index (χ2n) is 6.11. The summed E-state index contributed by atoms with van der Waals surface area (Å²) in [4.78, 5) is 0. The molecule has 19 heavy (non-hydrogen) atoms. The van der Waals surface area contributed by atoms with E-state index in [1.54, 1.807) is 0 Å². The molecule has 2 rings (SSSR count). The van der Waals surface area contributed by atoms with Gasteiger partial charge in [0.2, 0.25) is 0 Å². The predicted octanol–water partition coefficient (Wildman–Crippen LogP) is 5.15. The van der Waals surface area contributed by atoms with Crippen LogP contribution in [-0.2, 0) is 6.42 Å². The van der Waals surface area contributed by atoms with Gasteiger partial charge in [-0.3, -0.25) is 0 Å². The van der Waals surface area contributed by atoms with E-state index in [0.717, 1.165) is 13.0 Å². The maximum atomic E-state index is 3.60. The largest absolute Gasteiger partial charge is 0.394 e. The molecule has 0 fully saturated rings. The van der Waals surface area contributed by atoms with Crippen LogP contribution in [0.25, 0.3) is 0 Å². The first-order valence-corrected chi connectivity index (χ1v) is 11.0. The summed E-state index contributed by atoms with van der Waals surface area (Å²) in [5.74, 6) is 0. The molecule has 1 heterocycles. The van der Waals surface area contributed by atoms with Crippen LogP contribution >= 0.6 is 15.9 Å².